The standard InChI is InChI=1S/C26H28N4S2.C26H27N3S2/c1-5-29-22-12-10-18(16-20(22)21-17-19(28(2)3)11-13-23(21)29)27-26-30(14-15-31-4)24-8-6-7-9-25(24)32-26;1-19-12-13-23-21(18-19)20-8-3-4-9-22(20)28(23)15-7-14-27-26-29(16-17-30-2)24-10-5-6-11-25(24)31-26/h6-13,16-17H,5,14-15H2,1-4H3;3-6,8-13,18H,7,14-17H2,1-2H3. The van der Waals surface area contributed by atoms with E-state index in [1.165, 1.54) is 75.3 Å². The molecular weight excluding hydrogens is 851 g/mol. The van der Waals surface area contributed by atoms with Gasteiger partial charge in [-0.25, -0.2) is 4.99 Å². The van der Waals surface area contributed by atoms with Crippen LogP contribution in [-0.2, 0) is 26.2 Å². The van der Waals surface area contributed by atoms with Gasteiger partial charge in [-0.3, -0.25) is 4.99 Å². The van der Waals surface area contributed by atoms with Crippen LogP contribution in [-0.4, -0.2) is 62.9 Å². The molecule has 0 radical (unpaired) electrons. The summed E-state index contributed by atoms with van der Waals surface area (Å²) in [5.41, 5.74) is 11.3. The first-order valence-electron chi connectivity index (χ1n) is 21.8. The molecule has 0 fully saturated rings. The van der Waals surface area contributed by atoms with E-state index in [1.54, 1.807) is 11.3 Å². The number of thiazole rings is 2. The van der Waals surface area contributed by atoms with Crippen molar-refractivity contribution in [3.05, 3.63) is 143 Å². The van der Waals surface area contributed by atoms with Gasteiger partial charge in [0.25, 0.3) is 0 Å². The van der Waals surface area contributed by atoms with Crippen LogP contribution >= 0.6 is 46.2 Å². The topological polar surface area (TPSA) is 47.7 Å². The number of aromatic nitrogens is 4. The zero-order valence-electron chi connectivity index (χ0n) is 37.0. The summed E-state index contributed by atoms with van der Waals surface area (Å²) >= 11 is 7.34. The molecule has 4 aromatic heterocycles. The molecule has 0 saturated heterocycles. The largest absolute Gasteiger partial charge is 0.378 e. The molecule has 0 N–H and O–H groups in total. The van der Waals surface area contributed by atoms with E-state index >= 15 is 0 Å². The highest BCUT2D eigenvalue weighted by Gasteiger charge is 2.14. The van der Waals surface area contributed by atoms with Crippen LogP contribution in [0.15, 0.2) is 137 Å². The number of thioether (sulfide) groups is 2. The molecule has 0 aliphatic carbocycles. The zero-order valence-corrected chi connectivity index (χ0v) is 40.3. The normalized spacial score (nSPS) is 12.5. The predicted molar refractivity (Wildman–Crippen MR) is 280 cm³/mol. The third-order valence-electron chi connectivity index (χ3n) is 11.8. The van der Waals surface area contributed by atoms with Crippen molar-refractivity contribution in [1.82, 2.24) is 18.3 Å². The Kier molecular flexibility index (Phi) is 13.2. The summed E-state index contributed by atoms with van der Waals surface area (Å²) in [5, 5.41) is 5.25. The maximum absolute atomic E-state index is 5.13. The number of anilines is 1. The van der Waals surface area contributed by atoms with E-state index in [0.717, 1.165) is 65.9 Å². The summed E-state index contributed by atoms with van der Waals surface area (Å²) < 4.78 is 12.2. The number of hydrogen-bond acceptors (Lipinski definition) is 7. The lowest BCUT2D eigenvalue weighted by atomic mass is 10.1. The molecule has 0 aliphatic heterocycles. The quantitative estimate of drug-likeness (QED) is 0.108. The lowest BCUT2D eigenvalue weighted by Crippen LogP contribution is -2.17. The number of hydrogen-bond donors (Lipinski definition) is 0. The second-order valence-corrected chi connectivity index (χ2v) is 20.1. The molecule has 4 heterocycles. The van der Waals surface area contributed by atoms with Gasteiger partial charge in [-0.2, -0.15) is 23.5 Å². The first-order chi connectivity index (χ1) is 30.9. The van der Waals surface area contributed by atoms with Gasteiger partial charge in [0, 0.05) is 108 Å². The average Bonchev–Trinajstić information content (AvgIpc) is 4.03. The van der Waals surface area contributed by atoms with Crippen LogP contribution in [0.25, 0.3) is 64.0 Å². The molecule has 0 bridgehead atoms. The van der Waals surface area contributed by atoms with Crippen LogP contribution in [0.1, 0.15) is 18.9 Å². The van der Waals surface area contributed by atoms with Crippen LogP contribution in [0.2, 0.25) is 0 Å². The van der Waals surface area contributed by atoms with Crippen molar-refractivity contribution in [3.63, 3.8) is 0 Å². The summed E-state index contributed by atoms with van der Waals surface area (Å²) in [6.45, 7) is 9.12. The molecule has 10 rings (SSSR count). The molecule has 0 amide bonds. The fourth-order valence-corrected chi connectivity index (χ4v) is 11.6. The predicted octanol–water partition coefficient (Wildman–Crippen LogP) is 13.0. The maximum Gasteiger partial charge on any atom is 0.190 e. The molecule has 0 aliphatic rings. The maximum atomic E-state index is 5.13. The Hall–Kier alpha value is -5.20. The highest BCUT2D eigenvalue weighted by Crippen LogP contribution is 2.35. The Morgan fingerprint density at radius 2 is 1.10 bits per heavy atom. The van der Waals surface area contributed by atoms with Crippen molar-refractivity contribution in [1.29, 1.82) is 0 Å². The van der Waals surface area contributed by atoms with Gasteiger partial charge in [-0.05, 0) is 112 Å². The van der Waals surface area contributed by atoms with E-state index < -0.39 is 0 Å². The molecule has 10 aromatic rings. The lowest BCUT2D eigenvalue weighted by molar-refractivity contribution is 0.671. The molecule has 63 heavy (non-hydrogen) atoms. The van der Waals surface area contributed by atoms with Crippen molar-refractivity contribution in [2.24, 2.45) is 9.98 Å². The smallest absolute Gasteiger partial charge is 0.190 e. The SMILES string of the molecule is CCn1c2ccc(N=c3sc4ccccc4n3CCSC)cc2c2cc(N(C)C)ccc21.CSCCn1c(=NCCCn2c3ccccc3c3cc(C)ccc32)sc2ccccc21. The number of benzene rings is 6. The third-order valence-corrected chi connectivity index (χ3v) is 15.2. The van der Waals surface area contributed by atoms with E-state index in [0.29, 0.717) is 0 Å². The van der Waals surface area contributed by atoms with Gasteiger partial charge in [0.1, 0.15) is 0 Å². The Bertz CT molecular complexity index is 3360. The summed E-state index contributed by atoms with van der Waals surface area (Å²) in [6.07, 6.45) is 5.35. The molecule has 0 unspecified atom stereocenters. The molecule has 7 nitrogen and oxygen atoms in total. The first kappa shape index (κ1) is 43.1. The van der Waals surface area contributed by atoms with Crippen LogP contribution < -0.4 is 14.5 Å². The zero-order chi connectivity index (χ0) is 43.5. The fraction of sp³-hybridized carbons (Fsp3) is 0.269. The molecule has 0 saturated carbocycles. The second kappa shape index (κ2) is 19.3. The summed E-state index contributed by atoms with van der Waals surface area (Å²) in [7, 11) is 4.19. The summed E-state index contributed by atoms with van der Waals surface area (Å²) in [5.74, 6) is 2.18. The Labute approximate surface area is 386 Å². The number of rotatable bonds is 13. The molecule has 6 aromatic carbocycles. The van der Waals surface area contributed by atoms with E-state index in [4.69, 9.17) is 9.98 Å². The Balaban J connectivity index is 0.000000160. The van der Waals surface area contributed by atoms with Gasteiger partial charge in [-0.15, -0.1) is 0 Å². The van der Waals surface area contributed by atoms with Crippen molar-refractivity contribution < 1.29 is 0 Å². The second-order valence-electron chi connectivity index (χ2n) is 16.1. The molecule has 0 spiro atoms. The highest BCUT2D eigenvalue weighted by molar-refractivity contribution is 7.98. The van der Waals surface area contributed by atoms with Crippen LogP contribution in [0.4, 0.5) is 11.4 Å². The number of aryl methyl sites for hydroxylation is 5. The fourth-order valence-electron chi connectivity index (χ4n) is 8.73. The minimum Gasteiger partial charge on any atom is -0.378 e. The van der Waals surface area contributed by atoms with Crippen molar-refractivity contribution >= 4 is 122 Å². The number of fused-ring (bicyclic) bond motifs is 8. The highest BCUT2D eigenvalue weighted by atomic mass is 32.2. The molecule has 11 heteroatoms. The molecule has 322 valence electrons. The Morgan fingerprint density at radius 1 is 0.540 bits per heavy atom. The first-order valence-corrected chi connectivity index (χ1v) is 26.2. The lowest BCUT2D eigenvalue weighted by Gasteiger charge is -2.12. The van der Waals surface area contributed by atoms with Crippen molar-refractivity contribution in [3.8, 4) is 0 Å². The van der Waals surface area contributed by atoms with Gasteiger partial charge in [-0.1, -0.05) is 76.8 Å². The minimum atomic E-state index is 0.839. The van der Waals surface area contributed by atoms with Gasteiger partial charge < -0.3 is 23.2 Å². The van der Waals surface area contributed by atoms with E-state index in [2.05, 4.69) is 191 Å². The van der Waals surface area contributed by atoms with Crippen LogP contribution in [0, 0.1) is 6.92 Å². The number of nitrogens with zero attached hydrogens (tertiary/aromatic N) is 7. The monoisotopic (exact) mass is 905 g/mol. The Morgan fingerprint density at radius 3 is 1.78 bits per heavy atom. The van der Waals surface area contributed by atoms with Gasteiger partial charge in [0.15, 0.2) is 9.60 Å². The number of para-hydroxylation sites is 3. The van der Waals surface area contributed by atoms with E-state index in [9.17, 15) is 0 Å². The summed E-state index contributed by atoms with van der Waals surface area (Å²) in [6, 6.07) is 46.2. The van der Waals surface area contributed by atoms with Gasteiger partial charge in [0.2, 0.25) is 0 Å². The van der Waals surface area contributed by atoms with Crippen LogP contribution in [0.3, 0.4) is 0 Å². The van der Waals surface area contributed by atoms with E-state index in [1.807, 2.05) is 34.9 Å². The third kappa shape index (κ3) is 8.73. The van der Waals surface area contributed by atoms with E-state index in [-0.39, 0.29) is 0 Å². The van der Waals surface area contributed by atoms with Crippen LogP contribution in [0.5, 0.6) is 0 Å². The van der Waals surface area contributed by atoms with Crippen molar-refractivity contribution in [2.45, 2.75) is 46.4 Å². The average molecular weight is 906 g/mol. The molecule has 0 atom stereocenters. The van der Waals surface area contributed by atoms with Crippen molar-refractivity contribution in [2.75, 3.05) is 49.6 Å². The van der Waals surface area contributed by atoms with Gasteiger partial charge >= 0.3 is 0 Å². The minimum absolute atomic E-state index is 0.839. The van der Waals surface area contributed by atoms with Gasteiger partial charge in [0.05, 0.1) is 26.1 Å². The molecular formula is C52H55N7S4. The summed E-state index contributed by atoms with van der Waals surface area (Å²) in [4.78, 5) is 14.5.